The topological polar surface area (TPSA) is 58.4 Å². The van der Waals surface area contributed by atoms with E-state index in [4.69, 9.17) is 4.42 Å². The highest BCUT2D eigenvalue weighted by Crippen LogP contribution is 2.13. The minimum Gasteiger partial charge on any atom is -0.448 e. The molecule has 1 aromatic heterocycles. The maximum Gasteiger partial charge on any atom is 0.273 e. The first kappa shape index (κ1) is 16.7. The Morgan fingerprint density at radius 2 is 2.21 bits per heavy atom. The number of rotatable bonds is 6. The highest BCUT2D eigenvalue weighted by Gasteiger charge is 2.23. The summed E-state index contributed by atoms with van der Waals surface area (Å²) < 4.78 is 5.25. The normalized spacial score (nSPS) is 18.5. The summed E-state index contributed by atoms with van der Waals surface area (Å²) in [5, 5.41) is 3.12. The molecule has 0 radical (unpaired) electrons. The number of hydrogen-bond donors (Lipinski definition) is 1. The SMILES string of the molecule is CCc1ocnc1C(=O)N[C@@H]1CCCN(CCc2ccccc2)C1. The van der Waals surface area contributed by atoms with E-state index >= 15 is 0 Å². The fourth-order valence-electron chi connectivity index (χ4n) is 3.27. The Hall–Kier alpha value is -2.14. The first-order valence-electron chi connectivity index (χ1n) is 8.75. The number of piperidine rings is 1. The second kappa shape index (κ2) is 8.11. The van der Waals surface area contributed by atoms with Gasteiger partial charge in [-0.25, -0.2) is 4.98 Å². The summed E-state index contributed by atoms with van der Waals surface area (Å²) in [5.41, 5.74) is 1.79. The lowest BCUT2D eigenvalue weighted by molar-refractivity contribution is 0.0898. The fraction of sp³-hybridized carbons (Fsp3) is 0.474. The van der Waals surface area contributed by atoms with Crippen LogP contribution in [0.25, 0.3) is 0 Å². The molecule has 3 rings (SSSR count). The van der Waals surface area contributed by atoms with E-state index in [1.165, 1.54) is 12.0 Å². The summed E-state index contributed by atoms with van der Waals surface area (Å²) in [7, 11) is 0. The molecule has 24 heavy (non-hydrogen) atoms. The van der Waals surface area contributed by atoms with Crippen LogP contribution in [-0.4, -0.2) is 41.5 Å². The van der Waals surface area contributed by atoms with Crippen LogP contribution in [0.1, 0.15) is 41.6 Å². The lowest BCUT2D eigenvalue weighted by Gasteiger charge is -2.33. The fourth-order valence-corrected chi connectivity index (χ4v) is 3.27. The zero-order chi connectivity index (χ0) is 16.8. The molecule has 0 bridgehead atoms. The molecule has 1 atom stereocenters. The van der Waals surface area contributed by atoms with Gasteiger partial charge in [-0.15, -0.1) is 0 Å². The Labute approximate surface area is 143 Å². The molecule has 5 nitrogen and oxygen atoms in total. The number of aryl methyl sites for hydroxylation is 1. The summed E-state index contributed by atoms with van der Waals surface area (Å²) in [5.74, 6) is 0.541. The van der Waals surface area contributed by atoms with Gasteiger partial charge < -0.3 is 14.6 Å². The standard InChI is InChI=1S/C19H25N3O2/c1-2-17-18(20-14-24-17)19(23)21-16-9-6-11-22(13-16)12-10-15-7-4-3-5-8-15/h3-5,7-8,14,16H,2,6,9-13H2,1H3,(H,21,23)/t16-/m1/s1. The van der Waals surface area contributed by atoms with Crippen LogP contribution in [0.3, 0.4) is 0 Å². The minimum atomic E-state index is -0.115. The molecule has 0 unspecified atom stereocenters. The second-order valence-corrected chi connectivity index (χ2v) is 6.33. The van der Waals surface area contributed by atoms with Crippen LogP contribution in [0, 0.1) is 0 Å². The largest absolute Gasteiger partial charge is 0.448 e. The number of nitrogens with zero attached hydrogens (tertiary/aromatic N) is 2. The quantitative estimate of drug-likeness (QED) is 0.886. The Morgan fingerprint density at radius 1 is 1.38 bits per heavy atom. The first-order valence-corrected chi connectivity index (χ1v) is 8.75. The van der Waals surface area contributed by atoms with E-state index < -0.39 is 0 Å². The van der Waals surface area contributed by atoms with Crippen molar-refractivity contribution in [3.05, 3.63) is 53.7 Å². The third-order valence-corrected chi connectivity index (χ3v) is 4.58. The van der Waals surface area contributed by atoms with Crippen molar-refractivity contribution in [2.24, 2.45) is 0 Å². The van der Waals surface area contributed by atoms with Gasteiger partial charge in [0.2, 0.25) is 0 Å². The van der Waals surface area contributed by atoms with Gasteiger partial charge in [0.15, 0.2) is 12.1 Å². The molecule has 0 saturated carbocycles. The molecule has 1 aliphatic heterocycles. The van der Waals surface area contributed by atoms with Crippen molar-refractivity contribution in [3.8, 4) is 0 Å². The van der Waals surface area contributed by atoms with Crippen molar-refractivity contribution in [1.29, 1.82) is 0 Å². The molecule has 0 aliphatic carbocycles. The van der Waals surface area contributed by atoms with Crippen LogP contribution in [0.4, 0.5) is 0 Å². The van der Waals surface area contributed by atoms with E-state index in [1.807, 2.05) is 13.0 Å². The van der Waals surface area contributed by atoms with E-state index in [9.17, 15) is 4.79 Å². The van der Waals surface area contributed by atoms with Crippen LogP contribution >= 0.6 is 0 Å². The number of oxazole rings is 1. The number of amides is 1. The van der Waals surface area contributed by atoms with Crippen LogP contribution in [0.2, 0.25) is 0 Å². The first-order chi connectivity index (χ1) is 11.8. The van der Waals surface area contributed by atoms with Gasteiger partial charge in [-0.3, -0.25) is 4.79 Å². The molecule has 1 aromatic carbocycles. The molecule has 0 spiro atoms. The predicted molar refractivity (Wildman–Crippen MR) is 93.0 cm³/mol. The molecule has 2 heterocycles. The van der Waals surface area contributed by atoms with Gasteiger partial charge in [0, 0.05) is 25.6 Å². The third kappa shape index (κ3) is 4.23. The summed E-state index contributed by atoms with van der Waals surface area (Å²) in [6, 6.07) is 10.7. The summed E-state index contributed by atoms with van der Waals surface area (Å²) in [6.07, 6.45) is 5.20. The van der Waals surface area contributed by atoms with Gasteiger partial charge in [-0.1, -0.05) is 37.3 Å². The maximum atomic E-state index is 12.4. The van der Waals surface area contributed by atoms with Gasteiger partial charge in [0.25, 0.3) is 5.91 Å². The summed E-state index contributed by atoms with van der Waals surface area (Å²) >= 11 is 0. The molecule has 1 saturated heterocycles. The van der Waals surface area contributed by atoms with Crippen LogP contribution in [-0.2, 0) is 12.8 Å². The van der Waals surface area contributed by atoms with Gasteiger partial charge in [-0.05, 0) is 31.4 Å². The van der Waals surface area contributed by atoms with Crippen molar-refractivity contribution in [3.63, 3.8) is 0 Å². The zero-order valence-electron chi connectivity index (χ0n) is 14.2. The smallest absolute Gasteiger partial charge is 0.273 e. The van der Waals surface area contributed by atoms with E-state index in [0.29, 0.717) is 17.9 Å². The maximum absolute atomic E-state index is 12.4. The van der Waals surface area contributed by atoms with Gasteiger partial charge in [0.05, 0.1) is 0 Å². The predicted octanol–water partition coefficient (Wildman–Crippen LogP) is 2.67. The van der Waals surface area contributed by atoms with Crippen molar-refractivity contribution in [2.75, 3.05) is 19.6 Å². The van der Waals surface area contributed by atoms with Crippen LogP contribution < -0.4 is 5.32 Å². The second-order valence-electron chi connectivity index (χ2n) is 6.33. The number of likely N-dealkylation sites (tertiary alicyclic amines) is 1. The van der Waals surface area contributed by atoms with E-state index in [0.717, 1.165) is 38.9 Å². The monoisotopic (exact) mass is 327 g/mol. The van der Waals surface area contributed by atoms with Gasteiger partial charge in [0.1, 0.15) is 5.76 Å². The Bertz CT molecular complexity index is 654. The molecule has 5 heteroatoms. The van der Waals surface area contributed by atoms with Gasteiger partial charge in [-0.2, -0.15) is 0 Å². The summed E-state index contributed by atoms with van der Waals surface area (Å²) in [4.78, 5) is 18.9. The molecule has 1 aliphatic rings. The van der Waals surface area contributed by atoms with Crippen molar-refractivity contribution < 1.29 is 9.21 Å². The van der Waals surface area contributed by atoms with E-state index in [2.05, 4.69) is 39.5 Å². The van der Waals surface area contributed by atoms with Crippen molar-refractivity contribution in [2.45, 2.75) is 38.6 Å². The number of aromatic nitrogens is 1. The van der Waals surface area contributed by atoms with Gasteiger partial charge >= 0.3 is 0 Å². The molecule has 1 amide bonds. The lowest BCUT2D eigenvalue weighted by Crippen LogP contribution is -2.48. The molecular formula is C19H25N3O2. The Kier molecular flexibility index (Phi) is 5.64. The third-order valence-electron chi connectivity index (χ3n) is 4.58. The molecular weight excluding hydrogens is 302 g/mol. The molecule has 128 valence electrons. The average molecular weight is 327 g/mol. The Balaban J connectivity index is 1.51. The minimum absolute atomic E-state index is 0.115. The van der Waals surface area contributed by atoms with Crippen LogP contribution in [0.15, 0.2) is 41.1 Å². The average Bonchev–Trinajstić information content (AvgIpc) is 3.10. The molecule has 1 N–H and O–H groups in total. The lowest BCUT2D eigenvalue weighted by atomic mass is 10.0. The van der Waals surface area contributed by atoms with E-state index in [-0.39, 0.29) is 11.9 Å². The van der Waals surface area contributed by atoms with Crippen LogP contribution in [0.5, 0.6) is 0 Å². The molecule has 2 aromatic rings. The highest BCUT2D eigenvalue weighted by molar-refractivity contribution is 5.93. The number of benzene rings is 1. The number of carbonyl (C=O) groups excluding carboxylic acids is 1. The molecule has 1 fully saturated rings. The zero-order valence-corrected chi connectivity index (χ0v) is 14.2. The van der Waals surface area contributed by atoms with Crippen molar-refractivity contribution in [1.82, 2.24) is 15.2 Å². The number of nitrogens with one attached hydrogen (secondary N) is 1. The number of carbonyl (C=O) groups is 1. The number of hydrogen-bond acceptors (Lipinski definition) is 4. The summed E-state index contributed by atoms with van der Waals surface area (Å²) in [6.45, 7) is 4.99. The van der Waals surface area contributed by atoms with Crippen molar-refractivity contribution >= 4 is 5.91 Å². The van der Waals surface area contributed by atoms with E-state index in [1.54, 1.807) is 0 Å². The highest BCUT2D eigenvalue weighted by atomic mass is 16.3. The Morgan fingerprint density at radius 3 is 3.00 bits per heavy atom.